The maximum Gasteiger partial charge on any atom is 0.252 e. The summed E-state index contributed by atoms with van der Waals surface area (Å²) in [7, 11) is 0. The first-order valence-corrected chi connectivity index (χ1v) is 11.9. The molecule has 5 nitrogen and oxygen atoms in total. The predicted molar refractivity (Wildman–Crippen MR) is 131 cm³/mol. The van der Waals surface area contributed by atoms with Crippen molar-refractivity contribution in [2.24, 2.45) is 5.92 Å². The van der Waals surface area contributed by atoms with Gasteiger partial charge < -0.3 is 10.6 Å². The van der Waals surface area contributed by atoms with Crippen LogP contribution in [-0.2, 0) is 11.3 Å². The van der Waals surface area contributed by atoms with E-state index in [1.54, 1.807) is 13.0 Å². The fourth-order valence-corrected chi connectivity index (χ4v) is 4.52. The Labute approximate surface area is 208 Å². The molecule has 9 heteroatoms. The number of nitrogens with one attached hydrogen (secondary N) is 2. The first-order valence-electron chi connectivity index (χ1n) is 10.4. The molecule has 0 unspecified atom stereocenters. The molecule has 2 amide bonds. The van der Waals surface area contributed by atoms with E-state index in [1.807, 2.05) is 18.2 Å². The predicted octanol–water partition coefficient (Wildman–Crippen LogP) is 5.45. The number of carbonyl (C=O) groups is 2. The molecule has 1 heterocycles. The third-order valence-electron chi connectivity index (χ3n) is 5.53. The number of likely N-dealkylation sites (tertiary alicyclic amines) is 1. The van der Waals surface area contributed by atoms with Crippen LogP contribution in [0.25, 0.3) is 0 Å². The van der Waals surface area contributed by atoms with E-state index in [-0.39, 0.29) is 5.91 Å². The van der Waals surface area contributed by atoms with E-state index >= 15 is 0 Å². The Kier molecular flexibility index (Phi) is 9.09. The minimum atomic E-state index is -0.671. The van der Waals surface area contributed by atoms with Gasteiger partial charge in [-0.1, -0.05) is 52.5 Å². The van der Waals surface area contributed by atoms with E-state index in [0.29, 0.717) is 38.1 Å². The second-order valence-corrected chi connectivity index (χ2v) is 9.75. The molecule has 1 atom stereocenters. The summed E-state index contributed by atoms with van der Waals surface area (Å²) in [5.41, 5.74) is 1.45. The highest BCUT2D eigenvalue weighted by molar-refractivity contribution is 6.42. The quantitative estimate of drug-likeness (QED) is 0.514. The summed E-state index contributed by atoms with van der Waals surface area (Å²) in [4.78, 5) is 27.2. The summed E-state index contributed by atoms with van der Waals surface area (Å²) in [5, 5.41) is 7.50. The second kappa shape index (κ2) is 11.6. The van der Waals surface area contributed by atoms with Gasteiger partial charge in [-0.2, -0.15) is 0 Å². The highest BCUT2D eigenvalue weighted by atomic mass is 35.5. The van der Waals surface area contributed by atoms with Crippen molar-refractivity contribution < 1.29 is 9.59 Å². The Bertz CT molecular complexity index is 957. The monoisotopic (exact) mass is 515 g/mol. The average molecular weight is 517 g/mol. The van der Waals surface area contributed by atoms with E-state index in [4.69, 9.17) is 46.4 Å². The number of hydrogen-bond acceptors (Lipinski definition) is 3. The van der Waals surface area contributed by atoms with Crippen molar-refractivity contribution in [3.05, 3.63) is 67.6 Å². The van der Waals surface area contributed by atoms with Crippen LogP contribution in [0.4, 0.5) is 0 Å². The first kappa shape index (κ1) is 25.1. The van der Waals surface area contributed by atoms with Crippen LogP contribution >= 0.6 is 46.4 Å². The van der Waals surface area contributed by atoms with Crippen molar-refractivity contribution in [2.75, 3.05) is 19.6 Å². The van der Waals surface area contributed by atoms with Gasteiger partial charge in [0.05, 0.1) is 10.0 Å². The van der Waals surface area contributed by atoms with Crippen LogP contribution in [0.5, 0.6) is 0 Å². The maximum atomic E-state index is 12.4. The third-order valence-corrected chi connectivity index (χ3v) is 6.70. The van der Waals surface area contributed by atoms with E-state index < -0.39 is 11.9 Å². The summed E-state index contributed by atoms with van der Waals surface area (Å²) in [5.74, 6) is -0.212. The van der Waals surface area contributed by atoms with Crippen molar-refractivity contribution in [2.45, 2.75) is 32.4 Å². The normalized spacial score (nSPS) is 15.9. The number of rotatable bonds is 7. The number of nitrogens with zero attached hydrogens (tertiary/aromatic N) is 1. The van der Waals surface area contributed by atoms with E-state index in [0.717, 1.165) is 38.0 Å². The number of carbonyl (C=O) groups excluding carboxylic acids is 2. The lowest BCUT2D eigenvalue weighted by Gasteiger charge is -2.32. The van der Waals surface area contributed by atoms with Crippen molar-refractivity contribution in [1.82, 2.24) is 15.5 Å². The summed E-state index contributed by atoms with van der Waals surface area (Å²) >= 11 is 24.0. The standard InChI is InChI=1S/C23H25Cl4N3O2/c1-14(29-23(32)17-9-18(24)11-19(25)10-17)22(31)28-12-15-4-6-30(7-5-15)13-16-2-3-20(26)21(27)8-16/h2-3,8-11,14-15H,4-7,12-13H2,1H3,(H,28,31)(H,29,32)/t14-/m0/s1. The van der Waals surface area contributed by atoms with Crippen LogP contribution < -0.4 is 10.6 Å². The average Bonchev–Trinajstić information content (AvgIpc) is 2.75. The molecule has 0 aliphatic carbocycles. The molecule has 1 aliphatic heterocycles. The lowest BCUT2D eigenvalue weighted by Crippen LogP contribution is -2.47. The first-order chi connectivity index (χ1) is 15.2. The van der Waals surface area contributed by atoms with Crippen LogP contribution in [0.15, 0.2) is 36.4 Å². The third kappa shape index (κ3) is 7.26. The van der Waals surface area contributed by atoms with Gasteiger partial charge >= 0.3 is 0 Å². The minimum Gasteiger partial charge on any atom is -0.354 e. The highest BCUT2D eigenvalue weighted by Crippen LogP contribution is 2.25. The van der Waals surface area contributed by atoms with Gasteiger partial charge in [0.2, 0.25) is 5.91 Å². The Morgan fingerprint density at radius 1 is 1.00 bits per heavy atom. The molecule has 2 aromatic carbocycles. The molecule has 0 bridgehead atoms. The Morgan fingerprint density at radius 3 is 2.28 bits per heavy atom. The Hall–Kier alpha value is -1.50. The van der Waals surface area contributed by atoms with Crippen LogP contribution in [0.3, 0.4) is 0 Å². The number of hydrogen-bond donors (Lipinski definition) is 2. The fourth-order valence-electron chi connectivity index (χ4n) is 3.67. The van der Waals surface area contributed by atoms with Gasteiger partial charge in [-0.3, -0.25) is 14.5 Å². The van der Waals surface area contributed by atoms with Gasteiger partial charge in [0.15, 0.2) is 0 Å². The van der Waals surface area contributed by atoms with E-state index in [1.165, 1.54) is 12.1 Å². The summed E-state index contributed by atoms with van der Waals surface area (Å²) in [6.07, 6.45) is 1.98. The molecule has 1 aliphatic rings. The van der Waals surface area contributed by atoms with Crippen LogP contribution in [0, 0.1) is 5.92 Å². The molecule has 1 saturated heterocycles. The molecular weight excluding hydrogens is 492 g/mol. The van der Waals surface area contributed by atoms with Gasteiger partial charge in [-0.25, -0.2) is 0 Å². The summed E-state index contributed by atoms with van der Waals surface area (Å²) < 4.78 is 0. The van der Waals surface area contributed by atoms with Gasteiger partial charge in [-0.05, 0) is 74.7 Å². The maximum absolute atomic E-state index is 12.4. The van der Waals surface area contributed by atoms with Crippen LogP contribution in [0.1, 0.15) is 35.7 Å². The Morgan fingerprint density at radius 2 is 1.66 bits per heavy atom. The van der Waals surface area contributed by atoms with Crippen molar-refractivity contribution >= 4 is 58.2 Å². The molecule has 0 radical (unpaired) electrons. The molecule has 1 fully saturated rings. The SMILES string of the molecule is C[C@H](NC(=O)c1cc(Cl)cc(Cl)c1)C(=O)NCC1CCN(Cc2ccc(Cl)c(Cl)c2)CC1. The van der Waals surface area contributed by atoms with Gasteiger partial charge in [0.1, 0.15) is 6.04 Å². The summed E-state index contributed by atoms with van der Waals surface area (Å²) in [6, 6.07) is 9.62. The molecule has 0 saturated carbocycles. The molecule has 172 valence electrons. The van der Waals surface area contributed by atoms with Gasteiger partial charge in [-0.15, -0.1) is 0 Å². The number of halogens is 4. The molecule has 2 N–H and O–H groups in total. The van der Waals surface area contributed by atoms with Crippen molar-refractivity contribution in [1.29, 1.82) is 0 Å². The molecular formula is C23H25Cl4N3O2. The van der Waals surface area contributed by atoms with Crippen LogP contribution in [-0.4, -0.2) is 42.4 Å². The highest BCUT2D eigenvalue weighted by Gasteiger charge is 2.22. The number of benzene rings is 2. The van der Waals surface area contributed by atoms with Crippen molar-refractivity contribution in [3.63, 3.8) is 0 Å². The van der Waals surface area contributed by atoms with Crippen molar-refractivity contribution in [3.8, 4) is 0 Å². The zero-order valence-electron chi connectivity index (χ0n) is 17.6. The Balaban J connectivity index is 1.40. The smallest absolute Gasteiger partial charge is 0.252 e. The zero-order chi connectivity index (χ0) is 23.3. The minimum absolute atomic E-state index is 0.218. The number of piperidine rings is 1. The summed E-state index contributed by atoms with van der Waals surface area (Å²) in [6.45, 7) is 4.96. The lowest BCUT2D eigenvalue weighted by atomic mass is 9.96. The lowest BCUT2D eigenvalue weighted by molar-refractivity contribution is -0.122. The molecule has 0 aromatic heterocycles. The van der Waals surface area contributed by atoms with Crippen LogP contribution in [0.2, 0.25) is 20.1 Å². The molecule has 32 heavy (non-hydrogen) atoms. The van der Waals surface area contributed by atoms with Gasteiger partial charge in [0, 0.05) is 28.7 Å². The topological polar surface area (TPSA) is 61.4 Å². The molecule has 2 aromatic rings. The largest absolute Gasteiger partial charge is 0.354 e. The molecule has 0 spiro atoms. The second-order valence-electron chi connectivity index (χ2n) is 8.07. The van der Waals surface area contributed by atoms with E-state index in [9.17, 15) is 9.59 Å². The zero-order valence-corrected chi connectivity index (χ0v) is 20.7. The molecule has 3 rings (SSSR count). The van der Waals surface area contributed by atoms with E-state index in [2.05, 4.69) is 15.5 Å². The fraction of sp³-hybridized carbons (Fsp3) is 0.391. The number of amides is 2. The van der Waals surface area contributed by atoms with Gasteiger partial charge in [0.25, 0.3) is 5.91 Å².